The van der Waals surface area contributed by atoms with E-state index in [0.29, 0.717) is 0 Å². The summed E-state index contributed by atoms with van der Waals surface area (Å²) in [5.41, 5.74) is 17.7. The van der Waals surface area contributed by atoms with Gasteiger partial charge in [-0.1, -0.05) is 188 Å². The Morgan fingerprint density at radius 2 is 0.803 bits per heavy atom. The highest BCUT2D eigenvalue weighted by Crippen LogP contribution is 2.48. The normalized spacial score (nSPS) is 11.7. The molecule has 0 saturated heterocycles. The molecular weight excluding hydrogens is 861 g/mol. The fourth-order valence-electron chi connectivity index (χ4n) is 11.1. The predicted molar refractivity (Wildman–Crippen MR) is 299 cm³/mol. The fourth-order valence-corrected chi connectivity index (χ4v) is 11.1. The molecule has 3 heteroatoms. The first-order valence-corrected chi connectivity index (χ1v) is 24.3. The first kappa shape index (κ1) is 40.6. The van der Waals surface area contributed by atoms with Crippen molar-refractivity contribution in [3.05, 3.63) is 267 Å². The molecule has 0 aliphatic rings. The summed E-state index contributed by atoms with van der Waals surface area (Å²) in [5, 5.41) is 9.70. The second-order valence-corrected chi connectivity index (χ2v) is 18.4. The minimum absolute atomic E-state index is 0.874. The zero-order valence-electron chi connectivity index (χ0n) is 38.7. The maximum absolute atomic E-state index is 6.46. The summed E-state index contributed by atoms with van der Waals surface area (Å²) in [5.74, 6) is 0. The molecular formula is C68H44N2O. The van der Waals surface area contributed by atoms with Crippen molar-refractivity contribution in [2.24, 2.45) is 0 Å². The van der Waals surface area contributed by atoms with Crippen LogP contribution in [0.4, 0.5) is 17.1 Å². The molecule has 2 heterocycles. The Labute approximate surface area is 411 Å². The monoisotopic (exact) mass is 904 g/mol. The molecule has 0 aliphatic carbocycles. The molecule has 0 bridgehead atoms. The van der Waals surface area contributed by atoms with Crippen LogP contribution in [0.3, 0.4) is 0 Å². The standard InChI is InChI=1S/C68H44N2O/c1-2-19-53-49(16-1)43-62(56-22-4-3-21-55(53)56)59-25-8-13-30-66(59)69(63-27-10-5-20-54(63)50-36-41-61-60-26-9-14-31-67(60)71-68(61)44-50)51-37-32-45(33-38-51)47-17-15-18-48(42-47)46-34-39-52(40-35-46)70-64-28-11-6-23-57(64)58-24-7-12-29-65(58)70/h1-44H. The highest BCUT2D eigenvalue weighted by Gasteiger charge is 2.23. The van der Waals surface area contributed by atoms with E-state index < -0.39 is 0 Å². The summed E-state index contributed by atoms with van der Waals surface area (Å²) in [4.78, 5) is 2.44. The van der Waals surface area contributed by atoms with Crippen LogP contribution in [0.25, 0.3) is 115 Å². The molecule has 0 saturated carbocycles. The Morgan fingerprint density at radius 1 is 0.282 bits per heavy atom. The van der Waals surface area contributed by atoms with Crippen molar-refractivity contribution in [1.82, 2.24) is 4.57 Å². The molecule has 12 aromatic carbocycles. The van der Waals surface area contributed by atoms with Gasteiger partial charge in [0, 0.05) is 44.0 Å². The molecule has 0 amide bonds. The number of para-hydroxylation sites is 5. The molecule has 0 spiro atoms. The van der Waals surface area contributed by atoms with Gasteiger partial charge in [0.1, 0.15) is 11.2 Å². The smallest absolute Gasteiger partial charge is 0.136 e. The van der Waals surface area contributed by atoms with E-state index in [-0.39, 0.29) is 0 Å². The second-order valence-electron chi connectivity index (χ2n) is 18.4. The van der Waals surface area contributed by atoms with Gasteiger partial charge in [0.2, 0.25) is 0 Å². The second kappa shape index (κ2) is 16.7. The molecule has 3 nitrogen and oxygen atoms in total. The number of nitrogens with zero attached hydrogens (tertiary/aromatic N) is 2. The van der Waals surface area contributed by atoms with Gasteiger partial charge in [0.15, 0.2) is 0 Å². The topological polar surface area (TPSA) is 21.3 Å². The molecule has 71 heavy (non-hydrogen) atoms. The van der Waals surface area contributed by atoms with Gasteiger partial charge in [-0.25, -0.2) is 0 Å². The number of benzene rings is 12. The van der Waals surface area contributed by atoms with Crippen LogP contribution in [0, 0.1) is 0 Å². The minimum Gasteiger partial charge on any atom is -0.456 e. The van der Waals surface area contributed by atoms with Crippen molar-refractivity contribution < 1.29 is 4.42 Å². The van der Waals surface area contributed by atoms with Crippen LogP contribution in [-0.2, 0) is 0 Å². The van der Waals surface area contributed by atoms with Crippen molar-refractivity contribution in [1.29, 1.82) is 0 Å². The number of fused-ring (bicyclic) bond motifs is 9. The number of anilines is 3. The van der Waals surface area contributed by atoms with Crippen LogP contribution in [0.2, 0.25) is 0 Å². The first-order chi connectivity index (χ1) is 35.2. The van der Waals surface area contributed by atoms with E-state index in [1.54, 1.807) is 0 Å². The molecule has 0 atom stereocenters. The van der Waals surface area contributed by atoms with Gasteiger partial charge in [-0.3, -0.25) is 0 Å². The number of rotatable bonds is 8. The van der Waals surface area contributed by atoms with Gasteiger partial charge < -0.3 is 13.9 Å². The van der Waals surface area contributed by atoms with E-state index in [0.717, 1.165) is 72.5 Å². The lowest BCUT2D eigenvalue weighted by atomic mass is 9.91. The average molecular weight is 905 g/mol. The molecule has 0 unspecified atom stereocenters. The summed E-state index contributed by atoms with van der Waals surface area (Å²) in [7, 11) is 0. The Balaban J connectivity index is 0.882. The molecule has 14 rings (SSSR count). The summed E-state index contributed by atoms with van der Waals surface area (Å²) in [6.07, 6.45) is 0. The zero-order valence-corrected chi connectivity index (χ0v) is 38.7. The van der Waals surface area contributed by atoms with Gasteiger partial charge in [-0.15, -0.1) is 0 Å². The van der Waals surface area contributed by atoms with Crippen molar-refractivity contribution in [3.8, 4) is 50.2 Å². The largest absolute Gasteiger partial charge is 0.456 e. The Morgan fingerprint density at radius 3 is 1.52 bits per heavy atom. The fraction of sp³-hybridized carbons (Fsp3) is 0. The van der Waals surface area contributed by atoms with Gasteiger partial charge >= 0.3 is 0 Å². The van der Waals surface area contributed by atoms with Crippen molar-refractivity contribution in [2.45, 2.75) is 0 Å². The summed E-state index contributed by atoms with van der Waals surface area (Å²) >= 11 is 0. The van der Waals surface area contributed by atoms with Crippen LogP contribution >= 0.6 is 0 Å². The first-order valence-electron chi connectivity index (χ1n) is 24.3. The Bertz CT molecular complexity index is 4290. The Kier molecular flexibility index (Phi) is 9.53. The van der Waals surface area contributed by atoms with Crippen molar-refractivity contribution in [2.75, 3.05) is 4.90 Å². The molecule has 0 aliphatic heterocycles. The van der Waals surface area contributed by atoms with Gasteiger partial charge in [-0.05, 0) is 134 Å². The van der Waals surface area contributed by atoms with E-state index in [2.05, 4.69) is 264 Å². The number of furan rings is 1. The molecule has 0 N–H and O–H groups in total. The summed E-state index contributed by atoms with van der Waals surface area (Å²) in [6, 6.07) is 96.8. The van der Waals surface area contributed by atoms with Gasteiger partial charge in [0.05, 0.1) is 22.4 Å². The summed E-state index contributed by atoms with van der Waals surface area (Å²) in [6.45, 7) is 0. The van der Waals surface area contributed by atoms with E-state index in [9.17, 15) is 0 Å². The lowest BCUT2D eigenvalue weighted by molar-refractivity contribution is 0.669. The van der Waals surface area contributed by atoms with E-state index in [4.69, 9.17) is 4.42 Å². The molecule has 2 aromatic heterocycles. The van der Waals surface area contributed by atoms with Crippen LogP contribution in [0.5, 0.6) is 0 Å². The van der Waals surface area contributed by atoms with Crippen LogP contribution in [0.15, 0.2) is 271 Å². The third kappa shape index (κ3) is 6.82. The van der Waals surface area contributed by atoms with E-state index in [1.807, 2.05) is 12.1 Å². The van der Waals surface area contributed by atoms with Gasteiger partial charge in [-0.2, -0.15) is 0 Å². The lowest BCUT2D eigenvalue weighted by Gasteiger charge is -2.30. The third-order valence-corrected chi connectivity index (χ3v) is 14.4. The number of aromatic nitrogens is 1. The van der Waals surface area contributed by atoms with Crippen LogP contribution in [-0.4, -0.2) is 4.57 Å². The SMILES string of the molecule is c1cc(-c2ccc(N(c3ccccc3-c3ccc4c(c3)oc3ccccc34)c3ccccc3-c3cc4ccccc4c4ccccc34)cc2)cc(-c2ccc(-n3c4ccccc4c4ccccc43)cc2)c1. The number of hydrogen-bond donors (Lipinski definition) is 0. The third-order valence-electron chi connectivity index (χ3n) is 14.4. The van der Waals surface area contributed by atoms with Crippen LogP contribution in [0.1, 0.15) is 0 Å². The predicted octanol–water partition coefficient (Wildman–Crippen LogP) is 19.1. The number of hydrogen-bond acceptors (Lipinski definition) is 2. The Hall–Kier alpha value is -9.44. The molecule has 14 aromatic rings. The average Bonchev–Trinajstić information content (AvgIpc) is 3.99. The maximum atomic E-state index is 6.46. The van der Waals surface area contributed by atoms with Gasteiger partial charge in [0.25, 0.3) is 0 Å². The highest BCUT2D eigenvalue weighted by atomic mass is 16.3. The lowest BCUT2D eigenvalue weighted by Crippen LogP contribution is -2.12. The quantitative estimate of drug-likeness (QED) is 0.142. The van der Waals surface area contributed by atoms with E-state index in [1.165, 1.54) is 60.0 Å². The van der Waals surface area contributed by atoms with E-state index >= 15 is 0 Å². The minimum atomic E-state index is 0.874. The van der Waals surface area contributed by atoms with Crippen LogP contribution < -0.4 is 4.90 Å². The zero-order chi connectivity index (χ0) is 46.8. The molecule has 0 radical (unpaired) electrons. The molecule has 0 fully saturated rings. The summed E-state index contributed by atoms with van der Waals surface area (Å²) < 4.78 is 8.83. The highest BCUT2D eigenvalue weighted by molar-refractivity contribution is 6.15. The maximum Gasteiger partial charge on any atom is 0.136 e. The van der Waals surface area contributed by atoms with Crippen molar-refractivity contribution >= 4 is 82.4 Å². The van der Waals surface area contributed by atoms with Crippen molar-refractivity contribution in [3.63, 3.8) is 0 Å². The molecule has 332 valence electrons.